The van der Waals surface area contributed by atoms with E-state index in [0.717, 1.165) is 21.9 Å². The van der Waals surface area contributed by atoms with E-state index in [-0.39, 0.29) is 41.8 Å². The first-order valence-electron chi connectivity index (χ1n) is 17.1. The maximum Gasteiger partial charge on any atom is 0.237 e. The van der Waals surface area contributed by atoms with Crippen molar-refractivity contribution in [3.05, 3.63) is 65.2 Å². The van der Waals surface area contributed by atoms with Gasteiger partial charge in [-0.3, -0.25) is 29.5 Å². The molecule has 3 N–H and O–H groups in total. The second-order valence-electron chi connectivity index (χ2n) is 12.9. The molecule has 0 bridgehead atoms. The highest BCUT2D eigenvalue weighted by Crippen LogP contribution is 2.32. The Labute approximate surface area is 301 Å². The number of methoxy groups -OCH3 is 1. The summed E-state index contributed by atoms with van der Waals surface area (Å²) in [4.78, 5) is 47.2. The first-order chi connectivity index (χ1) is 24.5. The number of pyridine rings is 1. The van der Waals surface area contributed by atoms with Gasteiger partial charge in [-0.1, -0.05) is 6.08 Å². The maximum atomic E-state index is 13.8. The van der Waals surface area contributed by atoms with E-state index in [1.165, 1.54) is 0 Å². The number of aryl methyl sites for hydroxylation is 1. The van der Waals surface area contributed by atoms with Crippen LogP contribution in [-0.2, 0) is 16.6 Å². The van der Waals surface area contributed by atoms with Crippen molar-refractivity contribution >= 4 is 45.9 Å². The lowest BCUT2D eigenvalue weighted by molar-refractivity contribution is -0.132. The van der Waals surface area contributed by atoms with Crippen LogP contribution in [0.1, 0.15) is 49.9 Å². The minimum absolute atomic E-state index is 0.0368. The SMILES string of the molecule is CCN(C(=O)[C@@H]1CCN(CC(=O)N2CC=C(c3ncc(-c4ncn(C)n4)s3)CC2)C1)c1ccc(N)c(C(=N)c2ccc(OC(C)C)c(OC)c2)n1. The molecule has 15 heteroatoms. The summed E-state index contributed by atoms with van der Waals surface area (Å²) >= 11 is 1.56. The van der Waals surface area contributed by atoms with Gasteiger partial charge in [0.2, 0.25) is 11.8 Å². The molecular formula is C36H44N10O4S. The van der Waals surface area contributed by atoms with E-state index in [9.17, 15) is 9.59 Å². The van der Waals surface area contributed by atoms with Crippen LogP contribution in [0.5, 0.6) is 11.5 Å². The fraction of sp³-hybridized carbons (Fsp3) is 0.417. The lowest BCUT2D eigenvalue weighted by atomic mass is 10.0. The fourth-order valence-corrected chi connectivity index (χ4v) is 7.23. The van der Waals surface area contributed by atoms with Crippen molar-refractivity contribution in [1.29, 1.82) is 5.41 Å². The van der Waals surface area contributed by atoms with Crippen LogP contribution in [-0.4, -0.2) is 105 Å². The molecule has 1 fully saturated rings. The summed E-state index contributed by atoms with van der Waals surface area (Å²) in [6, 6.07) is 8.65. The van der Waals surface area contributed by atoms with Gasteiger partial charge in [-0.05, 0) is 76.1 Å². The summed E-state index contributed by atoms with van der Waals surface area (Å²) in [5.74, 6) is 1.87. The Balaban J connectivity index is 1.06. The molecule has 2 aliphatic rings. The summed E-state index contributed by atoms with van der Waals surface area (Å²) in [6.45, 7) is 8.70. The van der Waals surface area contributed by atoms with Crippen molar-refractivity contribution in [2.75, 3.05) is 57.0 Å². The van der Waals surface area contributed by atoms with Crippen molar-refractivity contribution in [3.8, 4) is 22.2 Å². The number of thiazole rings is 1. The average molecular weight is 713 g/mol. The Morgan fingerprint density at radius 3 is 2.67 bits per heavy atom. The number of carbonyl (C=O) groups is 2. The van der Waals surface area contributed by atoms with Crippen LogP contribution in [0.3, 0.4) is 0 Å². The Morgan fingerprint density at radius 1 is 1.16 bits per heavy atom. The molecule has 6 rings (SSSR count). The third kappa shape index (κ3) is 7.94. The van der Waals surface area contributed by atoms with Gasteiger partial charge in [0.05, 0.1) is 42.0 Å². The number of ether oxygens (including phenoxy) is 2. The van der Waals surface area contributed by atoms with E-state index >= 15 is 0 Å². The standard InChI is InChI=1S/C36H44N10O4S/c1-6-46(30-10-8-26(37)33(41-30)32(38)24-7-9-27(50-22(2)3)28(17-24)49-5)36(48)25-11-14-44(19-25)20-31(47)45-15-12-23(13-16-45)35-39-18-29(51-35)34-40-21-43(4)42-34/h7-10,12,17-18,21-22,25,38H,6,11,13-16,19-20,37H2,1-5H3/t25-/m1/s1. The first kappa shape index (κ1) is 35.7. The van der Waals surface area contributed by atoms with Crippen molar-refractivity contribution < 1.29 is 19.1 Å². The van der Waals surface area contributed by atoms with Gasteiger partial charge in [-0.25, -0.2) is 15.0 Å². The van der Waals surface area contributed by atoms with E-state index in [4.69, 9.17) is 25.6 Å². The number of aromatic nitrogens is 5. The highest BCUT2D eigenvalue weighted by molar-refractivity contribution is 7.16. The van der Waals surface area contributed by atoms with Crippen LogP contribution >= 0.6 is 11.3 Å². The number of rotatable bonds is 12. The monoisotopic (exact) mass is 712 g/mol. The third-order valence-electron chi connectivity index (χ3n) is 8.97. The normalized spacial score (nSPS) is 16.3. The second kappa shape index (κ2) is 15.4. The molecule has 0 spiro atoms. The van der Waals surface area contributed by atoms with Crippen LogP contribution < -0.4 is 20.1 Å². The molecule has 0 radical (unpaired) electrons. The van der Waals surface area contributed by atoms with Crippen LogP contribution in [0.15, 0.2) is 48.9 Å². The molecule has 2 amide bonds. The van der Waals surface area contributed by atoms with E-state index in [0.29, 0.717) is 73.5 Å². The topological polar surface area (TPSA) is 169 Å². The second-order valence-corrected chi connectivity index (χ2v) is 13.9. The number of nitrogens with one attached hydrogen (secondary N) is 1. The molecular weight excluding hydrogens is 669 g/mol. The van der Waals surface area contributed by atoms with Gasteiger partial charge in [0.15, 0.2) is 17.3 Å². The van der Waals surface area contributed by atoms with Gasteiger partial charge in [-0.15, -0.1) is 11.3 Å². The summed E-state index contributed by atoms with van der Waals surface area (Å²) in [5, 5.41) is 14.2. The van der Waals surface area contributed by atoms with Crippen LogP contribution in [0.4, 0.5) is 11.5 Å². The van der Waals surface area contributed by atoms with Crippen molar-refractivity contribution in [3.63, 3.8) is 0 Å². The van der Waals surface area contributed by atoms with E-state index in [2.05, 4.69) is 26.0 Å². The zero-order chi connectivity index (χ0) is 36.2. The number of carbonyl (C=O) groups excluding carboxylic acids is 2. The maximum absolute atomic E-state index is 13.8. The molecule has 14 nitrogen and oxygen atoms in total. The van der Waals surface area contributed by atoms with Gasteiger partial charge in [0.1, 0.15) is 22.8 Å². The van der Waals surface area contributed by atoms with E-state index in [1.54, 1.807) is 70.9 Å². The smallest absolute Gasteiger partial charge is 0.237 e. The van der Waals surface area contributed by atoms with Crippen LogP contribution in [0.2, 0.25) is 0 Å². The Bertz CT molecular complexity index is 1950. The molecule has 0 unspecified atom stereocenters. The van der Waals surface area contributed by atoms with Gasteiger partial charge in [-0.2, -0.15) is 5.10 Å². The quantitative estimate of drug-likeness (QED) is 0.204. The van der Waals surface area contributed by atoms with Gasteiger partial charge >= 0.3 is 0 Å². The van der Waals surface area contributed by atoms with Crippen molar-refractivity contribution in [2.24, 2.45) is 13.0 Å². The van der Waals surface area contributed by atoms with Crippen molar-refractivity contribution in [2.45, 2.75) is 39.7 Å². The molecule has 268 valence electrons. The minimum atomic E-state index is -0.279. The van der Waals surface area contributed by atoms with Gasteiger partial charge in [0.25, 0.3) is 0 Å². The molecule has 3 aromatic heterocycles. The van der Waals surface area contributed by atoms with Gasteiger partial charge < -0.3 is 20.1 Å². The first-order valence-corrected chi connectivity index (χ1v) is 17.9. The molecule has 51 heavy (non-hydrogen) atoms. The highest BCUT2D eigenvalue weighted by atomic mass is 32.1. The van der Waals surface area contributed by atoms with Crippen LogP contribution in [0, 0.1) is 11.3 Å². The summed E-state index contributed by atoms with van der Waals surface area (Å²) in [7, 11) is 3.39. The number of nitrogen functional groups attached to an aromatic ring is 1. The summed E-state index contributed by atoms with van der Waals surface area (Å²) < 4.78 is 13.0. The lowest BCUT2D eigenvalue weighted by Crippen LogP contribution is -2.42. The molecule has 1 atom stereocenters. The molecule has 0 saturated carbocycles. The molecule has 1 aromatic carbocycles. The molecule has 2 aliphatic heterocycles. The largest absolute Gasteiger partial charge is 0.493 e. The number of anilines is 2. The molecule has 0 aliphatic carbocycles. The predicted molar refractivity (Wildman–Crippen MR) is 197 cm³/mol. The zero-order valence-electron chi connectivity index (χ0n) is 29.6. The number of benzene rings is 1. The number of hydrogen-bond donors (Lipinski definition) is 2. The summed E-state index contributed by atoms with van der Waals surface area (Å²) in [6.07, 6.45) is 6.87. The minimum Gasteiger partial charge on any atom is -0.493 e. The van der Waals surface area contributed by atoms with Crippen LogP contribution in [0.25, 0.3) is 16.3 Å². The molecule has 1 saturated heterocycles. The Hall–Kier alpha value is -5.15. The molecule has 4 aromatic rings. The third-order valence-corrected chi connectivity index (χ3v) is 10.0. The number of likely N-dealkylation sites (tertiary alicyclic amines) is 1. The fourth-order valence-electron chi connectivity index (χ4n) is 6.31. The number of nitrogens with zero attached hydrogens (tertiary/aromatic N) is 8. The van der Waals surface area contributed by atoms with E-state index in [1.807, 2.05) is 32.7 Å². The number of hydrogen-bond acceptors (Lipinski definition) is 12. The Morgan fingerprint density at radius 2 is 1.98 bits per heavy atom. The number of nitrogens with two attached hydrogens (primary N) is 1. The van der Waals surface area contributed by atoms with E-state index < -0.39 is 0 Å². The highest BCUT2D eigenvalue weighted by Gasteiger charge is 2.34. The average Bonchev–Trinajstić information content (AvgIpc) is 3.91. The number of amides is 2. The predicted octanol–water partition coefficient (Wildman–Crippen LogP) is 4.12. The lowest BCUT2D eigenvalue weighted by Gasteiger charge is -2.28. The Kier molecular flexibility index (Phi) is 10.8. The van der Waals surface area contributed by atoms with Gasteiger partial charge in [0, 0.05) is 45.0 Å². The summed E-state index contributed by atoms with van der Waals surface area (Å²) in [5.41, 5.74) is 8.70. The zero-order valence-corrected chi connectivity index (χ0v) is 30.4. The van der Waals surface area contributed by atoms with Crippen molar-refractivity contribution in [1.82, 2.24) is 34.5 Å². The molecule has 5 heterocycles.